The summed E-state index contributed by atoms with van der Waals surface area (Å²) >= 11 is 0. The number of para-hydroxylation sites is 1. The standard InChI is InChI=1S/C26H28N2O5/c1-2-15-32-19-9-7-18(8-10-19)23-22-24(29)20-5-3-4-6-21(20)33-25(22)26(30)28(23)12-11-27-13-16-31-17-14-27/h3-10,23H,2,11-17H2,1H3/p+1/t23-/m1/s1. The highest BCUT2D eigenvalue weighted by Gasteiger charge is 2.43. The number of benzene rings is 2. The van der Waals surface area contributed by atoms with Gasteiger partial charge in [-0.3, -0.25) is 9.59 Å². The molecule has 7 heteroatoms. The van der Waals surface area contributed by atoms with E-state index in [9.17, 15) is 9.59 Å². The van der Waals surface area contributed by atoms with Crippen molar-refractivity contribution < 1.29 is 23.6 Å². The third-order valence-corrected chi connectivity index (χ3v) is 6.45. The van der Waals surface area contributed by atoms with Crippen molar-refractivity contribution in [3.05, 3.63) is 75.6 Å². The van der Waals surface area contributed by atoms with E-state index in [0.717, 1.165) is 50.6 Å². The summed E-state index contributed by atoms with van der Waals surface area (Å²) in [6, 6.07) is 14.3. The quantitative estimate of drug-likeness (QED) is 0.598. The third-order valence-electron chi connectivity index (χ3n) is 6.45. The summed E-state index contributed by atoms with van der Waals surface area (Å²) in [5, 5.41) is 0.498. The fourth-order valence-electron chi connectivity index (χ4n) is 4.70. The lowest BCUT2D eigenvalue weighted by Crippen LogP contribution is -3.14. The van der Waals surface area contributed by atoms with Crippen LogP contribution < -0.4 is 15.1 Å². The van der Waals surface area contributed by atoms with Gasteiger partial charge in [-0.15, -0.1) is 0 Å². The van der Waals surface area contributed by atoms with E-state index < -0.39 is 6.04 Å². The van der Waals surface area contributed by atoms with Gasteiger partial charge in [0, 0.05) is 0 Å². The van der Waals surface area contributed by atoms with Gasteiger partial charge in [-0.05, 0) is 36.2 Å². The zero-order chi connectivity index (χ0) is 22.8. The first-order valence-electron chi connectivity index (χ1n) is 11.7. The number of carbonyl (C=O) groups is 1. The Hall–Kier alpha value is -3.16. The SMILES string of the molecule is CCCOc1ccc([C@@H]2c3c(oc4ccccc4c3=O)C(=O)N2CC[NH+]2CCOCC2)cc1. The van der Waals surface area contributed by atoms with E-state index in [0.29, 0.717) is 29.7 Å². The molecule has 1 atom stereocenters. The largest absolute Gasteiger partial charge is 0.494 e. The van der Waals surface area contributed by atoms with Gasteiger partial charge in [0.15, 0.2) is 5.43 Å². The van der Waals surface area contributed by atoms with Crippen LogP contribution in [0, 0.1) is 0 Å². The second-order valence-corrected chi connectivity index (χ2v) is 8.60. The van der Waals surface area contributed by atoms with Gasteiger partial charge in [-0.1, -0.05) is 31.2 Å². The van der Waals surface area contributed by atoms with Crippen LogP contribution in [-0.4, -0.2) is 56.8 Å². The number of ether oxygens (including phenoxy) is 2. The van der Waals surface area contributed by atoms with Gasteiger partial charge in [0.2, 0.25) is 5.76 Å². The third kappa shape index (κ3) is 4.14. The molecule has 0 saturated carbocycles. The predicted molar refractivity (Wildman–Crippen MR) is 124 cm³/mol. The van der Waals surface area contributed by atoms with Crippen molar-refractivity contribution in [3.63, 3.8) is 0 Å². The molecule has 2 aliphatic heterocycles. The van der Waals surface area contributed by atoms with Gasteiger partial charge in [0.05, 0.1) is 49.9 Å². The van der Waals surface area contributed by atoms with Crippen LogP contribution in [0.3, 0.4) is 0 Å². The lowest BCUT2D eigenvalue weighted by atomic mass is 9.98. The first-order valence-corrected chi connectivity index (χ1v) is 11.7. The summed E-state index contributed by atoms with van der Waals surface area (Å²) in [6.07, 6.45) is 0.929. The zero-order valence-corrected chi connectivity index (χ0v) is 18.8. The molecule has 2 aromatic carbocycles. The summed E-state index contributed by atoms with van der Waals surface area (Å²) in [5.74, 6) is 0.712. The maximum absolute atomic E-state index is 13.5. The smallest absolute Gasteiger partial charge is 0.291 e. The number of nitrogens with zero attached hydrogens (tertiary/aromatic N) is 1. The monoisotopic (exact) mass is 449 g/mol. The van der Waals surface area contributed by atoms with Crippen molar-refractivity contribution >= 4 is 16.9 Å². The molecule has 0 unspecified atom stereocenters. The number of morpholine rings is 1. The second kappa shape index (κ2) is 9.37. The van der Waals surface area contributed by atoms with Crippen molar-refractivity contribution in [2.75, 3.05) is 46.0 Å². The van der Waals surface area contributed by atoms with E-state index in [4.69, 9.17) is 13.9 Å². The number of quaternary nitrogens is 1. The number of amides is 1. The van der Waals surface area contributed by atoms with Gasteiger partial charge in [-0.2, -0.15) is 0 Å². The molecule has 172 valence electrons. The average Bonchev–Trinajstić information content (AvgIpc) is 3.14. The van der Waals surface area contributed by atoms with Crippen LogP contribution in [-0.2, 0) is 4.74 Å². The van der Waals surface area contributed by atoms with Crippen molar-refractivity contribution in [3.8, 4) is 5.75 Å². The van der Waals surface area contributed by atoms with E-state index in [1.165, 1.54) is 4.90 Å². The fraction of sp³-hybridized carbons (Fsp3) is 0.385. The maximum atomic E-state index is 13.5. The number of rotatable bonds is 7. The molecule has 0 spiro atoms. The van der Waals surface area contributed by atoms with Crippen molar-refractivity contribution in [2.45, 2.75) is 19.4 Å². The van der Waals surface area contributed by atoms with Crippen LogP contribution in [0.5, 0.6) is 5.75 Å². The lowest BCUT2D eigenvalue weighted by molar-refractivity contribution is -0.907. The minimum atomic E-state index is -0.478. The van der Waals surface area contributed by atoms with Crippen molar-refractivity contribution in [1.29, 1.82) is 0 Å². The molecule has 5 rings (SSSR count). The highest BCUT2D eigenvalue weighted by molar-refractivity contribution is 5.99. The Kier molecular flexibility index (Phi) is 6.15. The van der Waals surface area contributed by atoms with Gasteiger partial charge in [0.1, 0.15) is 24.4 Å². The predicted octanol–water partition coefficient (Wildman–Crippen LogP) is 2.04. The molecule has 7 nitrogen and oxygen atoms in total. The van der Waals surface area contributed by atoms with E-state index in [1.54, 1.807) is 17.0 Å². The minimum Gasteiger partial charge on any atom is -0.494 e. The first kappa shape index (κ1) is 21.7. The molecule has 33 heavy (non-hydrogen) atoms. The molecule has 1 saturated heterocycles. The number of carbonyl (C=O) groups excluding carboxylic acids is 1. The number of hydrogen-bond donors (Lipinski definition) is 1. The average molecular weight is 450 g/mol. The van der Waals surface area contributed by atoms with Crippen LogP contribution in [0.4, 0.5) is 0 Å². The molecule has 0 bridgehead atoms. The van der Waals surface area contributed by atoms with Gasteiger partial charge < -0.3 is 23.7 Å². The molecule has 0 radical (unpaired) electrons. The molecular formula is C26H29N2O5+. The number of fused-ring (bicyclic) bond motifs is 2. The lowest BCUT2D eigenvalue weighted by Gasteiger charge is -2.29. The van der Waals surface area contributed by atoms with Crippen molar-refractivity contribution in [2.24, 2.45) is 0 Å². The molecule has 1 N–H and O–H groups in total. The Balaban J connectivity index is 1.54. The molecule has 1 amide bonds. The maximum Gasteiger partial charge on any atom is 0.291 e. The highest BCUT2D eigenvalue weighted by atomic mass is 16.5. The molecule has 2 aliphatic rings. The summed E-state index contributed by atoms with van der Waals surface area (Å²) in [6.45, 7) is 7.35. The Morgan fingerprint density at radius 3 is 2.58 bits per heavy atom. The van der Waals surface area contributed by atoms with Gasteiger partial charge in [-0.25, -0.2) is 0 Å². The second-order valence-electron chi connectivity index (χ2n) is 8.60. The van der Waals surface area contributed by atoms with E-state index in [1.807, 2.05) is 36.4 Å². The topological polar surface area (TPSA) is 73.4 Å². The minimum absolute atomic E-state index is 0.141. The normalized spacial score (nSPS) is 18.6. The molecule has 3 aromatic rings. The van der Waals surface area contributed by atoms with Crippen LogP contribution in [0.15, 0.2) is 57.7 Å². The van der Waals surface area contributed by atoms with E-state index in [2.05, 4.69) is 6.92 Å². The Morgan fingerprint density at radius 2 is 1.82 bits per heavy atom. The van der Waals surface area contributed by atoms with E-state index in [-0.39, 0.29) is 17.1 Å². The van der Waals surface area contributed by atoms with Crippen LogP contribution >= 0.6 is 0 Å². The fourth-order valence-corrected chi connectivity index (χ4v) is 4.70. The summed E-state index contributed by atoms with van der Waals surface area (Å²) in [4.78, 5) is 30.2. The van der Waals surface area contributed by atoms with Crippen LogP contribution in [0.2, 0.25) is 0 Å². The Morgan fingerprint density at radius 1 is 1.06 bits per heavy atom. The zero-order valence-electron chi connectivity index (χ0n) is 18.8. The summed E-state index contributed by atoms with van der Waals surface area (Å²) in [7, 11) is 0. The molecular weight excluding hydrogens is 420 g/mol. The van der Waals surface area contributed by atoms with Gasteiger partial charge in [0.25, 0.3) is 5.91 Å². The van der Waals surface area contributed by atoms with Crippen LogP contribution in [0.25, 0.3) is 11.0 Å². The van der Waals surface area contributed by atoms with Crippen LogP contribution in [0.1, 0.15) is 41.1 Å². The van der Waals surface area contributed by atoms with Gasteiger partial charge >= 0.3 is 0 Å². The molecule has 1 aromatic heterocycles. The Labute approximate surface area is 192 Å². The number of nitrogens with one attached hydrogen (secondary N) is 1. The summed E-state index contributed by atoms with van der Waals surface area (Å²) < 4.78 is 17.2. The molecule has 3 heterocycles. The Bertz CT molecular complexity index is 1200. The summed E-state index contributed by atoms with van der Waals surface area (Å²) in [5.41, 5.74) is 1.61. The number of hydrogen-bond acceptors (Lipinski definition) is 5. The molecule has 0 aliphatic carbocycles. The molecule has 1 fully saturated rings. The highest BCUT2D eigenvalue weighted by Crippen LogP contribution is 2.38. The van der Waals surface area contributed by atoms with Crippen molar-refractivity contribution in [1.82, 2.24) is 4.90 Å². The van der Waals surface area contributed by atoms with E-state index >= 15 is 0 Å². The first-order chi connectivity index (χ1) is 16.2.